The second-order valence-corrected chi connectivity index (χ2v) is 4.70. The standard InChI is InChI=1S/C12H21N3O/c1-9(12-7-15(3)14-10(12)2)13-6-11-4-5-16-8-11/h7,9,11,13H,4-6,8H2,1-3H3. The summed E-state index contributed by atoms with van der Waals surface area (Å²) in [7, 11) is 1.97. The zero-order valence-corrected chi connectivity index (χ0v) is 10.4. The van der Waals surface area contributed by atoms with Crippen molar-refractivity contribution in [3.8, 4) is 0 Å². The zero-order valence-electron chi connectivity index (χ0n) is 10.4. The number of nitrogens with zero attached hydrogens (tertiary/aromatic N) is 2. The molecule has 2 unspecified atom stereocenters. The molecule has 1 saturated heterocycles. The highest BCUT2D eigenvalue weighted by molar-refractivity contribution is 5.19. The molecule has 1 aromatic rings. The van der Waals surface area contributed by atoms with Gasteiger partial charge in [-0.25, -0.2) is 0 Å². The van der Waals surface area contributed by atoms with Crippen LogP contribution < -0.4 is 5.32 Å². The van der Waals surface area contributed by atoms with Crippen LogP contribution in [0, 0.1) is 12.8 Å². The summed E-state index contributed by atoms with van der Waals surface area (Å²) in [5.41, 5.74) is 2.41. The van der Waals surface area contributed by atoms with E-state index in [4.69, 9.17) is 4.74 Å². The Kier molecular flexibility index (Phi) is 3.61. The fraction of sp³-hybridized carbons (Fsp3) is 0.750. The van der Waals surface area contributed by atoms with Gasteiger partial charge in [0.25, 0.3) is 0 Å². The van der Waals surface area contributed by atoms with Crippen LogP contribution in [0.2, 0.25) is 0 Å². The topological polar surface area (TPSA) is 39.1 Å². The van der Waals surface area contributed by atoms with Crippen molar-refractivity contribution < 1.29 is 4.74 Å². The molecule has 4 nitrogen and oxygen atoms in total. The summed E-state index contributed by atoms with van der Waals surface area (Å²) in [6, 6.07) is 0.370. The maximum Gasteiger partial charge on any atom is 0.0641 e. The second kappa shape index (κ2) is 4.97. The third-order valence-corrected chi connectivity index (χ3v) is 3.25. The van der Waals surface area contributed by atoms with Crippen LogP contribution in [0.15, 0.2) is 6.20 Å². The molecule has 16 heavy (non-hydrogen) atoms. The molecular weight excluding hydrogens is 202 g/mol. The largest absolute Gasteiger partial charge is 0.381 e. The first-order chi connectivity index (χ1) is 7.66. The molecule has 0 amide bonds. The average molecular weight is 223 g/mol. The Labute approximate surface area is 97.0 Å². The highest BCUT2D eigenvalue weighted by atomic mass is 16.5. The van der Waals surface area contributed by atoms with E-state index < -0.39 is 0 Å². The molecule has 1 aromatic heterocycles. The van der Waals surface area contributed by atoms with E-state index in [9.17, 15) is 0 Å². The average Bonchev–Trinajstić information content (AvgIpc) is 2.84. The highest BCUT2D eigenvalue weighted by Gasteiger charge is 2.17. The molecule has 2 rings (SSSR count). The molecule has 2 heterocycles. The predicted octanol–water partition coefficient (Wildman–Crippen LogP) is 1.42. The zero-order chi connectivity index (χ0) is 11.5. The maximum absolute atomic E-state index is 5.37. The van der Waals surface area contributed by atoms with E-state index in [1.165, 1.54) is 12.0 Å². The van der Waals surface area contributed by atoms with Crippen LogP contribution in [0.1, 0.15) is 30.6 Å². The fourth-order valence-corrected chi connectivity index (χ4v) is 2.24. The Bertz CT molecular complexity index is 342. The van der Waals surface area contributed by atoms with E-state index in [0.717, 1.165) is 25.5 Å². The molecule has 4 heteroatoms. The summed E-state index contributed by atoms with van der Waals surface area (Å²) in [5.74, 6) is 0.680. The first kappa shape index (κ1) is 11.6. The third-order valence-electron chi connectivity index (χ3n) is 3.25. The quantitative estimate of drug-likeness (QED) is 0.839. The van der Waals surface area contributed by atoms with E-state index in [2.05, 4.69) is 30.5 Å². The molecule has 0 radical (unpaired) electrons. The third kappa shape index (κ3) is 2.62. The van der Waals surface area contributed by atoms with Crippen molar-refractivity contribution in [2.24, 2.45) is 13.0 Å². The summed E-state index contributed by atoms with van der Waals surface area (Å²) in [4.78, 5) is 0. The lowest BCUT2D eigenvalue weighted by atomic mass is 10.1. The van der Waals surface area contributed by atoms with Crippen LogP contribution in [0.5, 0.6) is 0 Å². The first-order valence-corrected chi connectivity index (χ1v) is 5.98. The minimum Gasteiger partial charge on any atom is -0.381 e. The molecule has 0 spiro atoms. The molecule has 0 bridgehead atoms. The number of ether oxygens (including phenoxy) is 1. The molecule has 1 N–H and O–H groups in total. The SMILES string of the molecule is Cc1nn(C)cc1C(C)NCC1CCOC1. The summed E-state index contributed by atoms with van der Waals surface area (Å²) >= 11 is 0. The van der Waals surface area contributed by atoms with Crippen LogP contribution in [0.3, 0.4) is 0 Å². The molecule has 0 saturated carbocycles. The van der Waals surface area contributed by atoms with Crippen molar-refractivity contribution >= 4 is 0 Å². The van der Waals surface area contributed by atoms with E-state index >= 15 is 0 Å². The van der Waals surface area contributed by atoms with Crippen molar-refractivity contribution in [2.45, 2.75) is 26.3 Å². The molecule has 1 aliphatic rings. The van der Waals surface area contributed by atoms with E-state index in [-0.39, 0.29) is 0 Å². The Balaban J connectivity index is 1.87. The molecule has 0 aliphatic carbocycles. The second-order valence-electron chi connectivity index (χ2n) is 4.70. The van der Waals surface area contributed by atoms with Gasteiger partial charge in [-0.1, -0.05) is 0 Å². The minimum absolute atomic E-state index is 0.370. The smallest absolute Gasteiger partial charge is 0.0641 e. The van der Waals surface area contributed by atoms with Gasteiger partial charge < -0.3 is 10.1 Å². The molecule has 0 aromatic carbocycles. The summed E-state index contributed by atoms with van der Waals surface area (Å²) in [5, 5.41) is 7.93. The van der Waals surface area contributed by atoms with Gasteiger partial charge in [0.1, 0.15) is 0 Å². The highest BCUT2D eigenvalue weighted by Crippen LogP contribution is 2.17. The molecular formula is C12H21N3O. The first-order valence-electron chi connectivity index (χ1n) is 5.98. The van der Waals surface area contributed by atoms with E-state index in [1.54, 1.807) is 0 Å². The Morgan fingerprint density at radius 1 is 1.69 bits per heavy atom. The number of rotatable bonds is 4. The minimum atomic E-state index is 0.370. The van der Waals surface area contributed by atoms with Gasteiger partial charge in [0, 0.05) is 38.0 Å². The number of aromatic nitrogens is 2. The van der Waals surface area contributed by atoms with Crippen molar-refractivity contribution in [3.05, 3.63) is 17.5 Å². The molecule has 1 aliphatic heterocycles. The molecule has 90 valence electrons. The Morgan fingerprint density at radius 2 is 2.50 bits per heavy atom. The monoisotopic (exact) mass is 223 g/mol. The van der Waals surface area contributed by atoms with Crippen LogP contribution in [0.4, 0.5) is 0 Å². The van der Waals surface area contributed by atoms with E-state index in [0.29, 0.717) is 12.0 Å². The van der Waals surface area contributed by atoms with Crippen LogP contribution in [-0.2, 0) is 11.8 Å². The lowest BCUT2D eigenvalue weighted by Gasteiger charge is -2.15. The van der Waals surface area contributed by atoms with Gasteiger partial charge in [-0.15, -0.1) is 0 Å². The van der Waals surface area contributed by atoms with Gasteiger partial charge in [0.05, 0.1) is 12.3 Å². The predicted molar refractivity (Wildman–Crippen MR) is 63.3 cm³/mol. The molecule has 1 fully saturated rings. The number of hydrogen-bond acceptors (Lipinski definition) is 3. The van der Waals surface area contributed by atoms with Crippen molar-refractivity contribution in [1.29, 1.82) is 0 Å². The maximum atomic E-state index is 5.37. The summed E-state index contributed by atoms with van der Waals surface area (Å²) in [6.45, 7) is 7.12. The van der Waals surface area contributed by atoms with Gasteiger partial charge >= 0.3 is 0 Å². The number of aryl methyl sites for hydroxylation is 2. The lowest BCUT2D eigenvalue weighted by molar-refractivity contribution is 0.184. The van der Waals surface area contributed by atoms with Crippen LogP contribution in [-0.4, -0.2) is 29.5 Å². The van der Waals surface area contributed by atoms with Crippen molar-refractivity contribution in [3.63, 3.8) is 0 Å². The van der Waals surface area contributed by atoms with Crippen molar-refractivity contribution in [2.75, 3.05) is 19.8 Å². The normalized spacial score (nSPS) is 22.6. The van der Waals surface area contributed by atoms with Gasteiger partial charge in [-0.05, 0) is 26.2 Å². The number of nitrogens with one attached hydrogen (secondary N) is 1. The Hall–Kier alpha value is -0.870. The molecule has 2 atom stereocenters. The van der Waals surface area contributed by atoms with Gasteiger partial charge in [0.15, 0.2) is 0 Å². The number of hydrogen-bond donors (Lipinski definition) is 1. The van der Waals surface area contributed by atoms with Crippen molar-refractivity contribution in [1.82, 2.24) is 15.1 Å². The lowest BCUT2D eigenvalue weighted by Crippen LogP contribution is -2.26. The fourth-order valence-electron chi connectivity index (χ4n) is 2.24. The summed E-state index contributed by atoms with van der Waals surface area (Å²) in [6.07, 6.45) is 3.28. The van der Waals surface area contributed by atoms with Crippen LogP contribution in [0.25, 0.3) is 0 Å². The van der Waals surface area contributed by atoms with Gasteiger partial charge in [-0.3, -0.25) is 4.68 Å². The van der Waals surface area contributed by atoms with Gasteiger partial charge in [-0.2, -0.15) is 5.10 Å². The van der Waals surface area contributed by atoms with Gasteiger partial charge in [0.2, 0.25) is 0 Å². The van der Waals surface area contributed by atoms with E-state index in [1.807, 2.05) is 11.7 Å². The Morgan fingerprint density at radius 3 is 3.06 bits per heavy atom. The summed E-state index contributed by atoms with van der Waals surface area (Å²) < 4.78 is 7.24. The van der Waals surface area contributed by atoms with Crippen LogP contribution >= 0.6 is 0 Å².